The maximum absolute atomic E-state index is 13.5. The zero-order valence-corrected chi connectivity index (χ0v) is 18.4. The van der Waals surface area contributed by atoms with E-state index in [1.165, 1.54) is 22.0 Å². The topological polar surface area (TPSA) is 67.1 Å². The van der Waals surface area contributed by atoms with Gasteiger partial charge in [0, 0.05) is 39.2 Å². The Morgan fingerprint density at radius 1 is 1.26 bits per heavy atom. The number of carbonyl (C=O) groups is 2. The Bertz CT molecular complexity index is 952. The van der Waals surface area contributed by atoms with Gasteiger partial charge in [0.2, 0.25) is 5.91 Å². The molecule has 1 aromatic heterocycles. The molecule has 166 valence electrons. The van der Waals surface area contributed by atoms with Gasteiger partial charge in [-0.25, -0.2) is 9.40 Å². The van der Waals surface area contributed by atoms with Crippen molar-refractivity contribution in [1.29, 1.82) is 0 Å². The number of nitrogens with zero attached hydrogens (tertiary/aromatic N) is 4. The minimum absolute atomic E-state index is 0.0953. The summed E-state index contributed by atoms with van der Waals surface area (Å²) in [6.45, 7) is 4.17. The van der Waals surface area contributed by atoms with Gasteiger partial charge in [0.25, 0.3) is 5.91 Å². The van der Waals surface area contributed by atoms with Crippen molar-refractivity contribution in [3.63, 3.8) is 0 Å². The summed E-state index contributed by atoms with van der Waals surface area (Å²) in [6.07, 6.45) is 2.43. The van der Waals surface area contributed by atoms with Gasteiger partial charge in [-0.3, -0.25) is 9.59 Å². The number of hydrazone groups is 1. The van der Waals surface area contributed by atoms with Crippen molar-refractivity contribution in [3.05, 3.63) is 59.7 Å². The van der Waals surface area contributed by atoms with E-state index in [-0.39, 0.29) is 36.1 Å². The SMILES string of the molecule is COCCN(CC(=O)N1N=C(c2cccn2C)CC1c1ccc(F)cc1)C(=O)C(C)C. The second-order valence-corrected chi connectivity index (χ2v) is 7.97. The molecule has 31 heavy (non-hydrogen) atoms. The summed E-state index contributed by atoms with van der Waals surface area (Å²) < 4.78 is 20.5. The van der Waals surface area contributed by atoms with Crippen LogP contribution in [0.5, 0.6) is 0 Å². The molecule has 2 amide bonds. The van der Waals surface area contributed by atoms with Crippen molar-refractivity contribution in [2.75, 3.05) is 26.8 Å². The number of benzene rings is 1. The summed E-state index contributed by atoms with van der Waals surface area (Å²) in [5.41, 5.74) is 2.48. The molecule has 1 atom stereocenters. The van der Waals surface area contributed by atoms with Gasteiger partial charge in [0.15, 0.2) is 0 Å². The van der Waals surface area contributed by atoms with Gasteiger partial charge < -0.3 is 14.2 Å². The van der Waals surface area contributed by atoms with Crippen molar-refractivity contribution in [2.45, 2.75) is 26.3 Å². The van der Waals surface area contributed by atoms with Gasteiger partial charge in [0.1, 0.15) is 12.4 Å². The highest BCUT2D eigenvalue weighted by molar-refractivity contribution is 6.02. The van der Waals surface area contributed by atoms with E-state index in [9.17, 15) is 14.0 Å². The van der Waals surface area contributed by atoms with Crippen LogP contribution in [0.2, 0.25) is 0 Å². The maximum Gasteiger partial charge on any atom is 0.262 e. The molecule has 3 rings (SSSR count). The third kappa shape index (κ3) is 5.19. The summed E-state index contributed by atoms with van der Waals surface area (Å²) >= 11 is 0. The third-order valence-corrected chi connectivity index (χ3v) is 5.36. The second-order valence-electron chi connectivity index (χ2n) is 7.97. The Morgan fingerprint density at radius 2 is 1.97 bits per heavy atom. The molecule has 0 saturated carbocycles. The second kappa shape index (κ2) is 9.87. The average Bonchev–Trinajstić information content (AvgIpc) is 3.37. The molecule has 0 aliphatic carbocycles. The number of hydrogen-bond donors (Lipinski definition) is 0. The van der Waals surface area contributed by atoms with E-state index in [0.29, 0.717) is 19.6 Å². The van der Waals surface area contributed by atoms with Gasteiger partial charge in [0.05, 0.1) is 24.1 Å². The van der Waals surface area contributed by atoms with Crippen LogP contribution in [0.1, 0.15) is 37.6 Å². The van der Waals surface area contributed by atoms with Gasteiger partial charge in [-0.15, -0.1) is 0 Å². The van der Waals surface area contributed by atoms with Gasteiger partial charge in [-0.1, -0.05) is 26.0 Å². The van der Waals surface area contributed by atoms with E-state index in [2.05, 4.69) is 5.10 Å². The molecular weight excluding hydrogens is 399 g/mol. The molecule has 0 bridgehead atoms. The van der Waals surface area contributed by atoms with Gasteiger partial charge >= 0.3 is 0 Å². The van der Waals surface area contributed by atoms with E-state index >= 15 is 0 Å². The van der Waals surface area contributed by atoms with E-state index in [1.807, 2.05) is 29.9 Å². The fraction of sp³-hybridized carbons (Fsp3) is 0.435. The van der Waals surface area contributed by atoms with Crippen LogP contribution in [0, 0.1) is 11.7 Å². The lowest BCUT2D eigenvalue weighted by atomic mass is 10.0. The van der Waals surface area contributed by atoms with Crippen LogP contribution in [0.25, 0.3) is 0 Å². The first-order chi connectivity index (χ1) is 14.8. The first-order valence-electron chi connectivity index (χ1n) is 10.4. The minimum atomic E-state index is -0.364. The predicted octanol–water partition coefficient (Wildman–Crippen LogP) is 2.97. The predicted molar refractivity (Wildman–Crippen MR) is 116 cm³/mol. The Hall–Kier alpha value is -3.00. The molecule has 0 radical (unpaired) electrons. The number of rotatable bonds is 8. The van der Waals surface area contributed by atoms with Crippen LogP contribution in [-0.4, -0.2) is 58.8 Å². The lowest BCUT2D eigenvalue weighted by Crippen LogP contribution is -2.44. The molecular formula is C23H29FN4O3. The zero-order chi connectivity index (χ0) is 22.5. The first kappa shape index (κ1) is 22.7. The molecule has 2 heterocycles. The zero-order valence-electron chi connectivity index (χ0n) is 18.4. The van der Waals surface area contributed by atoms with Crippen molar-refractivity contribution in [1.82, 2.24) is 14.5 Å². The van der Waals surface area contributed by atoms with E-state index in [0.717, 1.165) is 17.0 Å². The number of aromatic nitrogens is 1. The van der Waals surface area contributed by atoms with Crippen LogP contribution in [0.3, 0.4) is 0 Å². The van der Waals surface area contributed by atoms with E-state index in [1.54, 1.807) is 33.1 Å². The molecule has 1 aliphatic rings. The molecule has 7 nitrogen and oxygen atoms in total. The summed E-state index contributed by atoms with van der Waals surface area (Å²) in [6, 6.07) is 9.61. The Morgan fingerprint density at radius 3 is 2.55 bits per heavy atom. The number of aryl methyl sites for hydroxylation is 1. The lowest BCUT2D eigenvalue weighted by Gasteiger charge is -2.28. The van der Waals surface area contributed by atoms with Crippen LogP contribution in [0.4, 0.5) is 4.39 Å². The monoisotopic (exact) mass is 428 g/mol. The van der Waals surface area contributed by atoms with Crippen LogP contribution in [0.15, 0.2) is 47.7 Å². The van der Waals surface area contributed by atoms with Crippen LogP contribution < -0.4 is 0 Å². The number of amides is 2. The van der Waals surface area contributed by atoms with Crippen molar-refractivity contribution < 1.29 is 18.7 Å². The fourth-order valence-electron chi connectivity index (χ4n) is 3.67. The van der Waals surface area contributed by atoms with Crippen molar-refractivity contribution in [2.24, 2.45) is 18.1 Å². The number of hydrogen-bond acceptors (Lipinski definition) is 4. The highest BCUT2D eigenvalue weighted by Gasteiger charge is 2.35. The Balaban J connectivity index is 1.89. The summed E-state index contributed by atoms with van der Waals surface area (Å²) in [5.74, 6) is -0.978. The average molecular weight is 429 g/mol. The lowest BCUT2D eigenvalue weighted by molar-refractivity contribution is -0.143. The number of carbonyl (C=O) groups excluding carboxylic acids is 2. The molecule has 1 unspecified atom stereocenters. The Kier molecular flexibility index (Phi) is 7.22. The van der Waals surface area contributed by atoms with Gasteiger partial charge in [-0.2, -0.15) is 5.10 Å². The molecule has 2 aromatic rings. The largest absolute Gasteiger partial charge is 0.383 e. The first-order valence-corrected chi connectivity index (χ1v) is 10.4. The fourth-order valence-corrected chi connectivity index (χ4v) is 3.67. The molecule has 8 heteroatoms. The molecule has 0 N–H and O–H groups in total. The highest BCUT2D eigenvalue weighted by Crippen LogP contribution is 2.33. The smallest absolute Gasteiger partial charge is 0.262 e. The van der Waals surface area contributed by atoms with Crippen LogP contribution in [-0.2, 0) is 21.4 Å². The summed E-state index contributed by atoms with van der Waals surface area (Å²) in [7, 11) is 3.48. The molecule has 0 fully saturated rings. The van der Waals surface area contributed by atoms with Crippen molar-refractivity contribution >= 4 is 17.5 Å². The quantitative estimate of drug-likeness (QED) is 0.649. The van der Waals surface area contributed by atoms with E-state index in [4.69, 9.17) is 4.74 Å². The van der Waals surface area contributed by atoms with Crippen LogP contribution >= 0.6 is 0 Å². The van der Waals surface area contributed by atoms with E-state index < -0.39 is 0 Å². The highest BCUT2D eigenvalue weighted by atomic mass is 19.1. The third-order valence-electron chi connectivity index (χ3n) is 5.36. The number of ether oxygens (including phenoxy) is 1. The summed E-state index contributed by atoms with van der Waals surface area (Å²) in [4.78, 5) is 27.4. The maximum atomic E-state index is 13.5. The Labute approximate surface area is 182 Å². The molecule has 0 saturated heterocycles. The number of halogens is 1. The molecule has 0 spiro atoms. The van der Waals surface area contributed by atoms with Gasteiger partial charge in [-0.05, 0) is 29.8 Å². The van der Waals surface area contributed by atoms with Crippen molar-refractivity contribution in [3.8, 4) is 0 Å². The minimum Gasteiger partial charge on any atom is -0.383 e. The normalized spacial score (nSPS) is 16.0. The summed E-state index contributed by atoms with van der Waals surface area (Å²) in [5, 5.41) is 6.06. The number of methoxy groups -OCH3 is 1. The standard InChI is InChI=1S/C23H29FN4O3/c1-16(2)23(30)27(12-13-31-4)15-22(29)28-21(17-7-9-18(24)10-8-17)14-19(25-28)20-6-5-11-26(20)3/h5-11,16,21H,12-15H2,1-4H3. The molecule has 1 aliphatic heterocycles. The molecule has 1 aromatic carbocycles.